The number of carbonyl (C=O) groups is 1. The molecule has 2 aromatic rings. The van der Waals surface area contributed by atoms with Gasteiger partial charge in [-0.15, -0.1) is 0 Å². The maximum atomic E-state index is 13.5. The summed E-state index contributed by atoms with van der Waals surface area (Å²) in [7, 11) is 0. The van der Waals surface area contributed by atoms with Crippen molar-refractivity contribution in [2.75, 3.05) is 6.54 Å². The molecule has 2 nitrogen and oxygen atoms in total. The monoisotopic (exact) mass is 229 g/mol. The lowest BCUT2D eigenvalue weighted by Crippen LogP contribution is -2.13. The van der Waals surface area contributed by atoms with Crippen molar-refractivity contribution >= 4 is 5.78 Å². The molecule has 2 aromatic carbocycles. The number of nitrogens with two attached hydrogens (primary N) is 1. The molecule has 86 valence electrons. The Hall–Kier alpha value is -2.00. The Balaban J connectivity index is 2.36. The Kier molecular flexibility index (Phi) is 3.30. The molecular formula is C14H12FNO. The molecule has 0 bridgehead atoms. The normalized spacial score (nSPS) is 10.2. The van der Waals surface area contributed by atoms with E-state index < -0.39 is 0 Å². The van der Waals surface area contributed by atoms with Gasteiger partial charge in [0.05, 0.1) is 6.54 Å². The third kappa shape index (κ3) is 2.40. The third-order valence-electron chi connectivity index (χ3n) is 2.58. The van der Waals surface area contributed by atoms with Crippen molar-refractivity contribution in [1.82, 2.24) is 0 Å². The predicted octanol–water partition coefficient (Wildman–Crippen LogP) is 2.63. The summed E-state index contributed by atoms with van der Waals surface area (Å²) in [5, 5.41) is 0. The summed E-state index contributed by atoms with van der Waals surface area (Å²) in [6.07, 6.45) is 0. The fraction of sp³-hybridized carbons (Fsp3) is 0.0714. The number of benzene rings is 2. The van der Waals surface area contributed by atoms with Crippen molar-refractivity contribution < 1.29 is 9.18 Å². The molecule has 2 rings (SSSR count). The van der Waals surface area contributed by atoms with Crippen LogP contribution in [0.3, 0.4) is 0 Å². The Morgan fingerprint density at radius 3 is 2.29 bits per heavy atom. The first-order valence-corrected chi connectivity index (χ1v) is 5.30. The van der Waals surface area contributed by atoms with Crippen LogP contribution in [0.5, 0.6) is 0 Å². The Morgan fingerprint density at radius 2 is 1.71 bits per heavy atom. The standard InChI is InChI=1S/C14H12FNO/c15-13-4-2-1-3-12(13)10-5-7-11(8-6-10)14(17)9-16/h1-8H,9,16H2. The summed E-state index contributed by atoms with van der Waals surface area (Å²) in [5.74, 6) is -0.393. The summed E-state index contributed by atoms with van der Waals surface area (Å²) in [6, 6.07) is 13.3. The lowest BCUT2D eigenvalue weighted by molar-refractivity contribution is 0.100. The molecule has 0 unspecified atom stereocenters. The highest BCUT2D eigenvalue weighted by Crippen LogP contribution is 2.22. The summed E-state index contributed by atoms with van der Waals surface area (Å²) in [5.41, 5.74) is 7.09. The van der Waals surface area contributed by atoms with Crippen molar-refractivity contribution in [1.29, 1.82) is 0 Å². The largest absolute Gasteiger partial charge is 0.324 e. The van der Waals surface area contributed by atoms with Crippen molar-refractivity contribution in [3.63, 3.8) is 0 Å². The number of hydrogen-bond acceptors (Lipinski definition) is 2. The minimum absolute atomic E-state index is 0.0148. The second-order valence-corrected chi connectivity index (χ2v) is 3.68. The van der Waals surface area contributed by atoms with E-state index >= 15 is 0 Å². The number of Topliss-reactive ketones (excluding diaryl/α,β-unsaturated/α-hetero) is 1. The zero-order valence-electron chi connectivity index (χ0n) is 9.19. The molecule has 2 N–H and O–H groups in total. The smallest absolute Gasteiger partial charge is 0.176 e. The fourth-order valence-electron chi connectivity index (χ4n) is 1.65. The van der Waals surface area contributed by atoms with E-state index in [4.69, 9.17) is 5.73 Å². The van der Waals surface area contributed by atoms with Gasteiger partial charge in [-0.2, -0.15) is 0 Å². The summed E-state index contributed by atoms with van der Waals surface area (Å²) < 4.78 is 13.5. The highest BCUT2D eigenvalue weighted by Gasteiger charge is 2.06. The van der Waals surface area contributed by atoms with Gasteiger partial charge in [-0.1, -0.05) is 42.5 Å². The zero-order chi connectivity index (χ0) is 12.3. The van der Waals surface area contributed by atoms with Gasteiger partial charge in [0.15, 0.2) is 5.78 Å². The number of carbonyl (C=O) groups excluding carboxylic acids is 1. The van der Waals surface area contributed by atoms with Gasteiger partial charge in [-0.3, -0.25) is 4.79 Å². The van der Waals surface area contributed by atoms with E-state index in [2.05, 4.69) is 0 Å². The maximum Gasteiger partial charge on any atom is 0.176 e. The quantitative estimate of drug-likeness (QED) is 0.822. The summed E-state index contributed by atoms with van der Waals surface area (Å²) in [6.45, 7) is -0.0148. The van der Waals surface area contributed by atoms with Crippen LogP contribution in [0.4, 0.5) is 4.39 Å². The molecule has 0 spiro atoms. The van der Waals surface area contributed by atoms with Crippen LogP contribution in [0, 0.1) is 5.82 Å². The molecule has 0 saturated heterocycles. The molecule has 0 atom stereocenters. The van der Waals surface area contributed by atoms with Gasteiger partial charge in [0.25, 0.3) is 0 Å². The van der Waals surface area contributed by atoms with Gasteiger partial charge >= 0.3 is 0 Å². The van der Waals surface area contributed by atoms with Crippen molar-refractivity contribution in [3.8, 4) is 11.1 Å². The lowest BCUT2D eigenvalue weighted by Gasteiger charge is -2.04. The fourth-order valence-corrected chi connectivity index (χ4v) is 1.65. The molecular weight excluding hydrogens is 217 g/mol. The van der Waals surface area contributed by atoms with Crippen LogP contribution in [-0.2, 0) is 0 Å². The molecule has 0 fully saturated rings. The summed E-state index contributed by atoms with van der Waals surface area (Å²) >= 11 is 0. The van der Waals surface area contributed by atoms with E-state index in [9.17, 15) is 9.18 Å². The molecule has 0 saturated carbocycles. The Bertz CT molecular complexity index is 534. The van der Waals surface area contributed by atoms with E-state index in [1.54, 1.807) is 42.5 Å². The molecule has 0 aliphatic heterocycles. The molecule has 0 heterocycles. The second-order valence-electron chi connectivity index (χ2n) is 3.68. The maximum absolute atomic E-state index is 13.5. The van der Waals surface area contributed by atoms with Crippen LogP contribution in [0.1, 0.15) is 10.4 Å². The van der Waals surface area contributed by atoms with Crippen LogP contribution < -0.4 is 5.73 Å². The van der Waals surface area contributed by atoms with Gasteiger partial charge in [-0.25, -0.2) is 4.39 Å². The van der Waals surface area contributed by atoms with Crippen molar-refractivity contribution in [2.24, 2.45) is 5.73 Å². The molecule has 0 aliphatic carbocycles. The van der Waals surface area contributed by atoms with Crippen molar-refractivity contribution in [2.45, 2.75) is 0 Å². The van der Waals surface area contributed by atoms with E-state index in [0.717, 1.165) is 5.56 Å². The number of ketones is 1. The van der Waals surface area contributed by atoms with Crippen LogP contribution in [-0.4, -0.2) is 12.3 Å². The third-order valence-corrected chi connectivity index (χ3v) is 2.58. The van der Waals surface area contributed by atoms with E-state index in [1.165, 1.54) is 6.07 Å². The first-order chi connectivity index (χ1) is 8.22. The average Bonchev–Trinajstić information content (AvgIpc) is 2.39. The molecule has 17 heavy (non-hydrogen) atoms. The average molecular weight is 229 g/mol. The highest BCUT2D eigenvalue weighted by molar-refractivity contribution is 5.97. The first kappa shape index (κ1) is 11.5. The van der Waals surface area contributed by atoms with Gasteiger partial charge in [0, 0.05) is 11.1 Å². The molecule has 3 heteroatoms. The first-order valence-electron chi connectivity index (χ1n) is 5.30. The van der Waals surface area contributed by atoms with Crippen LogP contribution in [0.15, 0.2) is 48.5 Å². The highest BCUT2D eigenvalue weighted by atomic mass is 19.1. The number of rotatable bonds is 3. The van der Waals surface area contributed by atoms with Gasteiger partial charge in [0.1, 0.15) is 5.82 Å². The van der Waals surface area contributed by atoms with Crippen molar-refractivity contribution in [3.05, 3.63) is 59.9 Å². The van der Waals surface area contributed by atoms with Gasteiger partial charge < -0.3 is 5.73 Å². The second kappa shape index (κ2) is 4.89. The van der Waals surface area contributed by atoms with E-state index in [-0.39, 0.29) is 18.1 Å². The van der Waals surface area contributed by atoms with Gasteiger partial charge in [0.2, 0.25) is 0 Å². The topological polar surface area (TPSA) is 43.1 Å². The lowest BCUT2D eigenvalue weighted by atomic mass is 10.0. The molecule has 0 amide bonds. The van der Waals surface area contributed by atoms with Crippen LogP contribution in [0.2, 0.25) is 0 Å². The molecule has 0 aromatic heterocycles. The Morgan fingerprint density at radius 1 is 1.06 bits per heavy atom. The summed E-state index contributed by atoms with van der Waals surface area (Å²) in [4.78, 5) is 11.3. The Labute approximate surface area is 98.9 Å². The zero-order valence-corrected chi connectivity index (χ0v) is 9.19. The minimum atomic E-state index is -0.273. The number of halogens is 1. The van der Waals surface area contributed by atoms with Crippen LogP contribution in [0.25, 0.3) is 11.1 Å². The molecule has 0 radical (unpaired) electrons. The van der Waals surface area contributed by atoms with E-state index in [1.807, 2.05) is 0 Å². The SMILES string of the molecule is NCC(=O)c1ccc(-c2ccccc2F)cc1. The molecule has 0 aliphatic rings. The van der Waals surface area contributed by atoms with Gasteiger partial charge in [-0.05, 0) is 11.6 Å². The minimum Gasteiger partial charge on any atom is -0.324 e. The number of hydrogen-bond donors (Lipinski definition) is 1. The van der Waals surface area contributed by atoms with E-state index in [0.29, 0.717) is 11.1 Å². The predicted molar refractivity (Wildman–Crippen MR) is 65.2 cm³/mol. The van der Waals surface area contributed by atoms with Crippen LogP contribution >= 0.6 is 0 Å².